The van der Waals surface area contributed by atoms with Crippen LogP contribution in [0, 0.1) is 0 Å². The second-order valence-electron chi connectivity index (χ2n) is 4.01. The summed E-state index contributed by atoms with van der Waals surface area (Å²) in [6.45, 7) is 0.845. The molecule has 0 fully saturated rings. The lowest BCUT2D eigenvalue weighted by molar-refractivity contribution is 0.420. The highest BCUT2D eigenvalue weighted by atomic mass is 32.2. The Bertz CT molecular complexity index is 665. The molecule has 1 aromatic heterocycles. The number of nitrogens with zero attached hydrogens (tertiary/aromatic N) is 1. The van der Waals surface area contributed by atoms with Gasteiger partial charge in [-0.2, -0.15) is 0 Å². The first kappa shape index (κ1) is 11.1. The second-order valence-corrected chi connectivity index (χ2v) is 5.70. The van der Waals surface area contributed by atoms with Crippen molar-refractivity contribution < 1.29 is 12.9 Å². The maximum atomic E-state index is 12.1. The van der Waals surface area contributed by atoms with Crippen LogP contribution in [0.25, 0.3) is 0 Å². The second kappa shape index (κ2) is 4.02. The van der Waals surface area contributed by atoms with E-state index in [0.717, 1.165) is 24.2 Å². The van der Waals surface area contributed by atoms with Gasteiger partial charge in [0, 0.05) is 12.2 Å². The molecule has 6 nitrogen and oxygen atoms in total. The molecule has 0 saturated heterocycles. The normalized spacial score (nSPS) is 14.0. The molecule has 0 radical (unpaired) electrons. The zero-order valence-corrected chi connectivity index (χ0v) is 10.2. The number of hydrogen-bond donors (Lipinski definition) is 2. The van der Waals surface area contributed by atoms with Gasteiger partial charge in [-0.05, 0) is 24.1 Å². The van der Waals surface area contributed by atoms with E-state index in [1.165, 1.54) is 12.5 Å². The van der Waals surface area contributed by atoms with Gasteiger partial charge in [0.2, 0.25) is 0 Å². The quantitative estimate of drug-likeness (QED) is 0.877. The van der Waals surface area contributed by atoms with Crippen LogP contribution in [-0.4, -0.2) is 20.1 Å². The van der Waals surface area contributed by atoms with E-state index in [1.807, 2.05) is 6.07 Å². The van der Waals surface area contributed by atoms with Crippen LogP contribution in [0.3, 0.4) is 0 Å². The first-order valence-corrected chi connectivity index (χ1v) is 6.92. The third kappa shape index (κ3) is 1.92. The molecule has 3 rings (SSSR count). The molecular weight excluding hydrogens is 254 g/mol. The Labute approximate surface area is 104 Å². The molecule has 0 bridgehead atoms. The molecule has 0 unspecified atom stereocenters. The van der Waals surface area contributed by atoms with Gasteiger partial charge >= 0.3 is 0 Å². The van der Waals surface area contributed by atoms with Gasteiger partial charge in [0.05, 0.1) is 11.1 Å². The fourth-order valence-corrected chi connectivity index (χ4v) is 2.96. The molecule has 94 valence electrons. The Morgan fingerprint density at radius 3 is 3.06 bits per heavy atom. The van der Waals surface area contributed by atoms with E-state index in [-0.39, 0.29) is 4.90 Å². The summed E-state index contributed by atoms with van der Waals surface area (Å²) in [6.07, 6.45) is 3.47. The number of fused-ring (bicyclic) bond motifs is 1. The molecule has 0 atom stereocenters. The van der Waals surface area contributed by atoms with Gasteiger partial charge in [-0.1, -0.05) is 11.2 Å². The number of sulfonamides is 1. The van der Waals surface area contributed by atoms with E-state index in [1.54, 1.807) is 12.1 Å². The van der Waals surface area contributed by atoms with Crippen LogP contribution < -0.4 is 10.0 Å². The summed E-state index contributed by atoms with van der Waals surface area (Å²) in [4.78, 5) is 0.219. The van der Waals surface area contributed by atoms with Crippen LogP contribution in [0.4, 0.5) is 11.4 Å². The molecule has 1 aliphatic rings. The Hall–Kier alpha value is -2.02. The number of nitrogens with one attached hydrogen (secondary N) is 2. The molecule has 0 saturated carbocycles. The van der Waals surface area contributed by atoms with Crippen molar-refractivity contribution in [2.24, 2.45) is 0 Å². The lowest BCUT2D eigenvalue weighted by Gasteiger charge is -2.07. The number of rotatable bonds is 3. The summed E-state index contributed by atoms with van der Waals surface area (Å²) in [5, 5.41) is 6.59. The molecule has 2 N–H and O–H groups in total. The van der Waals surface area contributed by atoms with Crippen LogP contribution in [0.15, 0.2) is 40.1 Å². The largest absolute Gasteiger partial charge is 0.384 e. The predicted octanol–water partition coefficient (Wildman–Crippen LogP) is 1.44. The van der Waals surface area contributed by atoms with Crippen molar-refractivity contribution in [3.63, 3.8) is 0 Å². The van der Waals surface area contributed by atoms with Crippen LogP contribution in [-0.2, 0) is 16.4 Å². The highest BCUT2D eigenvalue weighted by molar-refractivity contribution is 7.92. The third-order valence-electron chi connectivity index (χ3n) is 2.79. The molecule has 0 amide bonds. The van der Waals surface area contributed by atoms with Crippen LogP contribution in [0.1, 0.15) is 5.56 Å². The van der Waals surface area contributed by atoms with Gasteiger partial charge < -0.3 is 9.84 Å². The summed E-state index contributed by atoms with van der Waals surface area (Å²) >= 11 is 0. The maximum absolute atomic E-state index is 12.1. The fourth-order valence-electron chi connectivity index (χ4n) is 1.91. The zero-order valence-electron chi connectivity index (χ0n) is 9.38. The highest BCUT2D eigenvalue weighted by Crippen LogP contribution is 2.26. The summed E-state index contributed by atoms with van der Waals surface area (Å²) in [6, 6.07) is 5.07. The van der Waals surface area contributed by atoms with Gasteiger partial charge in [0.15, 0.2) is 0 Å². The molecular formula is C11H11N3O3S. The van der Waals surface area contributed by atoms with Crippen molar-refractivity contribution in [2.45, 2.75) is 11.3 Å². The van der Waals surface area contributed by atoms with Crippen LogP contribution in [0.5, 0.6) is 0 Å². The van der Waals surface area contributed by atoms with Crippen molar-refractivity contribution >= 4 is 21.4 Å². The first-order chi connectivity index (χ1) is 8.65. The fraction of sp³-hybridized carbons (Fsp3) is 0.182. The van der Waals surface area contributed by atoms with Crippen molar-refractivity contribution in [3.8, 4) is 0 Å². The van der Waals surface area contributed by atoms with Crippen LogP contribution in [0.2, 0.25) is 0 Å². The van der Waals surface area contributed by atoms with E-state index in [2.05, 4.69) is 19.7 Å². The number of aromatic nitrogens is 1. The third-order valence-corrected chi connectivity index (χ3v) is 4.16. The average molecular weight is 265 g/mol. The molecule has 18 heavy (non-hydrogen) atoms. The molecule has 1 aromatic carbocycles. The van der Waals surface area contributed by atoms with Crippen molar-refractivity contribution in [1.82, 2.24) is 5.16 Å². The van der Waals surface area contributed by atoms with Gasteiger partial charge in [0.1, 0.15) is 12.0 Å². The average Bonchev–Trinajstić information content (AvgIpc) is 2.97. The maximum Gasteiger partial charge on any atom is 0.262 e. The summed E-state index contributed by atoms with van der Waals surface area (Å²) < 4.78 is 31.2. The summed E-state index contributed by atoms with van der Waals surface area (Å²) in [5.74, 6) is 0. The number of anilines is 2. The van der Waals surface area contributed by atoms with E-state index >= 15 is 0 Å². The standard InChI is InChI=1S/C11H11N3O3S/c15-18(16,14-9-6-13-17-7-9)10-2-1-8-3-4-12-11(8)5-10/h1-2,5-7,12,14H,3-4H2. The minimum atomic E-state index is -3.59. The minimum absolute atomic E-state index is 0.219. The Balaban J connectivity index is 1.94. The predicted molar refractivity (Wildman–Crippen MR) is 65.9 cm³/mol. The lowest BCUT2D eigenvalue weighted by Crippen LogP contribution is -2.12. The minimum Gasteiger partial charge on any atom is -0.384 e. The van der Waals surface area contributed by atoms with Crippen molar-refractivity contribution in [2.75, 3.05) is 16.6 Å². The summed E-state index contributed by atoms with van der Waals surface area (Å²) in [5.41, 5.74) is 2.32. The summed E-state index contributed by atoms with van der Waals surface area (Å²) in [7, 11) is -3.59. The Kier molecular flexibility index (Phi) is 2.48. The van der Waals surface area contributed by atoms with E-state index in [0.29, 0.717) is 5.69 Å². The molecule has 2 heterocycles. The van der Waals surface area contributed by atoms with E-state index in [9.17, 15) is 8.42 Å². The number of hydrogen-bond acceptors (Lipinski definition) is 5. The van der Waals surface area contributed by atoms with E-state index < -0.39 is 10.0 Å². The Morgan fingerprint density at radius 1 is 1.39 bits per heavy atom. The van der Waals surface area contributed by atoms with Gasteiger partial charge in [0.25, 0.3) is 10.0 Å². The van der Waals surface area contributed by atoms with Gasteiger partial charge in [-0.25, -0.2) is 8.42 Å². The molecule has 1 aliphatic heterocycles. The van der Waals surface area contributed by atoms with E-state index in [4.69, 9.17) is 0 Å². The molecule has 0 spiro atoms. The van der Waals surface area contributed by atoms with Gasteiger partial charge in [-0.3, -0.25) is 4.72 Å². The monoisotopic (exact) mass is 265 g/mol. The van der Waals surface area contributed by atoms with Crippen LogP contribution >= 0.6 is 0 Å². The zero-order chi connectivity index (χ0) is 12.6. The van der Waals surface area contributed by atoms with Gasteiger partial charge in [-0.15, -0.1) is 0 Å². The molecule has 2 aromatic rings. The SMILES string of the molecule is O=S(=O)(Nc1cnoc1)c1ccc2c(c1)NCC2. The Morgan fingerprint density at radius 2 is 2.28 bits per heavy atom. The van der Waals surface area contributed by atoms with Crippen molar-refractivity contribution in [1.29, 1.82) is 0 Å². The highest BCUT2D eigenvalue weighted by Gasteiger charge is 2.18. The lowest BCUT2D eigenvalue weighted by atomic mass is 10.2. The molecule has 7 heteroatoms. The topological polar surface area (TPSA) is 84.2 Å². The first-order valence-electron chi connectivity index (χ1n) is 5.44. The number of benzene rings is 1. The van der Waals surface area contributed by atoms with Crippen molar-refractivity contribution in [3.05, 3.63) is 36.2 Å². The smallest absolute Gasteiger partial charge is 0.262 e. The molecule has 0 aliphatic carbocycles.